The maximum atomic E-state index is 12.2. The molecule has 3 heteroatoms. The third-order valence-corrected chi connectivity index (χ3v) is 3.43. The zero-order valence-electron chi connectivity index (χ0n) is 11.8. The Balaban J connectivity index is 2.22. The van der Waals surface area contributed by atoms with Gasteiger partial charge in [0, 0.05) is 12.6 Å². The van der Waals surface area contributed by atoms with Crippen molar-refractivity contribution >= 4 is 5.91 Å². The molecule has 1 amide bonds. The number of amides is 1. The number of likely N-dealkylation sites (tertiary alicyclic amines) is 1. The number of benzene rings is 1. The highest BCUT2D eigenvalue weighted by Gasteiger charge is 2.28. The van der Waals surface area contributed by atoms with Crippen molar-refractivity contribution in [2.24, 2.45) is 0 Å². The molecular weight excluding hydrogens is 238 g/mol. The number of nitrogens with zero attached hydrogens (tertiary/aromatic N) is 1. The lowest BCUT2D eigenvalue weighted by molar-refractivity contribution is -0.126. The smallest absolute Gasteiger partial charge is 0.246 e. The molecule has 0 N–H and O–H groups in total. The Morgan fingerprint density at radius 1 is 1.42 bits per heavy atom. The molecule has 1 aromatic rings. The van der Waals surface area contributed by atoms with E-state index >= 15 is 0 Å². The Morgan fingerprint density at radius 2 is 2.21 bits per heavy atom. The molecule has 3 nitrogen and oxygen atoms in total. The van der Waals surface area contributed by atoms with Crippen LogP contribution in [0.15, 0.2) is 35.9 Å². The molecular formula is C16H21NO2. The van der Waals surface area contributed by atoms with Gasteiger partial charge in [0.25, 0.3) is 0 Å². The average molecular weight is 259 g/mol. The van der Waals surface area contributed by atoms with Crippen molar-refractivity contribution in [3.63, 3.8) is 0 Å². The summed E-state index contributed by atoms with van der Waals surface area (Å²) in [5.41, 5.74) is 2.20. The number of allylic oxidation sites excluding steroid dienone is 1. The molecule has 0 radical (unpaired) electrons. The number of hydrogen-bond acceptors (Lipinski definition) is 2. The number of carbonyl (C=O) groups is 1. The van der Waals surface area contributed by atoms with Crippen LogP contribution >= 0.6 is 0 Å². The van der Waals surface area contributed by atoms with E-state index in [9.17, 15) is 4.79 Å². The fourth-order valence-corrected chi connectivity index (χ4v) is 2.56. The van der Waals surface area contributed by atoms with E-state index in [1.165, 1.54) is 0 Å². The van der Waals surface area contributed by atoms with E-state index < -0.39 is 0 Å². The Labute approximate surface area is 114 Å². The summed E-state index contributed by atoms with van der Waals surface area (Å²) < 4.78 is 5.26. The molecule has 0 spiro atoms. The molecule has 1 atom stereocenters. The monoisotopic (exact) mass is 259 g/mol. The molecule has 102 valence electrons. The first kappa shape index (κ1) is 13.7. The van der Waals surface area contributed by atoms with Crippen LogP contribution in [0.4, 0.5) is 0 Å². The van der Waals surface area contributed by atoms with E-state index in [0.717, 1.165) is 36.3 Å². The number of rotatable bonds is 3. The van der Waals surface area contributed by atoms with E-state index in [1.54, 1.807) is 13.2 Å². The topological polar surface area (TPSA) is 29.5 Å². The van der Waals surface area contributed by atoms with Gasteiger partial charge in [-0.15, -0.1) is 0 Å². The number of methoxy groups -OCH3 is 1. The van der Waals surface area contributed by atoms with E-state index in [1.807, 2.05) is 36.9 Å². The van der Waals surface area contributed by atoms with Crippen molar-refractivity contribution in [1.82, 2.24) is 4.90 Å². The second-order valence-electron chi connectivity index (χ2n) is 5.19. The van der Waals surface area contributed by atoms with Gasteiger partial charge in [0.1, 0.15) is 5.75 Å². The molecule has 1 aliphatic heterocycles. The summed E-state index contributed by atoms with van der Waals surface area (Å²) in [7, 11) is 1.67. The highest BCUT2D eigenvalue weighted by Crippen LogP contribution is 2.33. The van der Waals surface area contributed by atoms with Gasteiger partial charge in [-0.25, -0.2) is 0 Å². The minimum atomic E-state index is 0.116. The first-order chi connectivity index (χ1) is 9.11. The van der Waals surface area contributed by atoms with Crippen molar-refractivity contribution in [2.75, 3.05) is 13.7 Å². The standard InChI is InChI=1S/C16H21NO2/c1-12(2)10-16(18)17-9-5-8-15(17)13-6-4-7-14(11-13)19-3/h4,6-7,10-11,15H,5,8-9H2,1-3H3/t15-/m0/s1. The summed E-state index contributed by atoms with van der Waals surface area (Å²) in [6.45, 7) is 4.74. The van der Waals surface area contributed by atoms with Crippen molar-refractivity contribution in [3.8, 4) is 5.75 Å². The zero-order chi connectivity index (χ0) is 13.8. The van der Waals surface area contributed by atoms with Crippen LogP contribution in [-0.2, 0) is 4.79 Å². The second kappa shape index (κ2) is 5.91. The zero-order valence-corrected chi connectivity index (χ0v) is 11.8. The molecule has 1 fully saturated rings. The van der Waals surface area contributed by atoms with Gasteiger partial charge in [-0.1, -0.05) is 17.7 Å². The summed E-state index contributed by atoms with van der Waals surface area (Å²) in [5, 5.41) is 0. The number of ether oxygens (including phenoxy) is 1. The van der Waals surface area contributed by atoms with Gasteiger partial charge in [0.2, 0.25) is 5.91 Å². The molecule has 0 aromatic heterocycles. The van der Waals surface area contributed by atoms with Crippen LogP contribution in [0.3, 0.4) is 0 Å². The Kier molecular flexibility index (Phi) is 4.25. The third kappa shape index (κ3) is 3.16. The van der Waals surface area contributed by atoms with Gasteiger partial charge in [-0.2, -0.15) is 0 Å². The van der Waals surface area contributed by atoms with Crippen LogP contribution in [0, 0.1) is 0 Å². The average Bonchev–Trinajstić information content (AvgIpc) is 2.87. The highest BCUT2D eigenvalue weighted by atomic mass is 16.5. The molecule has 0 aliphatic carbocycles. The maximum Gasteiger partial charge on any atom is 0.246 e. The molecule has 0 bridgehead atoms. The SMILES string of the molecule is COc1cccc([C@@H]2CCCN2C(=O)C=C(C)C)c1. The van der Waals surface area contributed by atoms with Crippen LogP contribution in [0.25, 0.3) is 0 Å². The largest absolute Gasteiger partial charge is 0.497 e. The lowest BCUT2D eigenvalue weighted by atomic mass is 10.0. The molecule has 1 aliphatic rings. The van der Waals surface area contributed by atoms with Crippen LogP contribution < -0.4 is 4.74 Å². The number of carbonyl (C=O) groups excluding carboxylic acids is 1. The Hall–Kier alpha value is -1.77. The van der Waals surface area contributed by atoms with Crippen molar-refractivity contribution < 1.29 is 9.53 Å². The normalized spacial score (nSPS) is 18.3. The van der Waals surface area contributed by atoms with Gasteiger partial charge in [0.05, 0.1) is 13.2 Å². The molecule has 19 heavy (non-hydrogen) atoms. The predicted molar refractivity (Wildman–Crippen MR) is 76.1 cm³/mol. The lowest BCUT2D eigenvalue weighted by Gasteiger charge is -2.24. The van der Waals surface area contributed by atoms with E-state index in [-0.39, 0.29) is 11.9 Å². The molecule has 2 rings (SSSR count). The van der Waals surface area contributed by atoms with E-state index in [2.05, 4.69) is 6.07 Å². The van der Waals surface area contributed by atoms with Gasteiger partial charge < -0.3 is 9.64 Å². The van der Waals surface area contributed by atoms with Crippen LogP contribution in [0.2, 0.25) is 0 Å². The van der Waals surface area contributed by atoms with Crippen molar-refractivity contribution in [2.45, 2.75) is 32.7 Å². The van der Waals surface area contributed by atoms with Gasteiger partial charge in [-0.05, 0) is 44.4 Å². The Morgan fingerprint density at radius 3 is 2.89 bits per heavy atom. The maximum absolute atomic E-state index is 12.2. The summed E-state index contributed by atoms with van der Waals surface area (Å²) in [4.78, 5) is 14.2. The quantitative estimate of drug-likeness (QED) is 0.779. The lowest BCUT2D eigenvalue weighted by Crippen LogP contribution is -2.29. The minimum absolute atomic E-state index is 0.116. The summed E-state index contributed by atoms with van der Waals surface area (Å²) in [6, 6.07) is 8.19. The minimum Gasteiger partial charge on any atom is -0.497 e. The predicted octanol–water partition coefficient (Wildman–Crippen LogP) is 3.32. The Bertz CT molecular complexity index is 489. The fraction of sp³-hybridized carbons (Fsp3) is 0.438. The van der Waals surface area contributed by atoms with Crippen molar-refractivity contribution in [1.29, 1.82) is 0 Å². The third-order valence-electron chi connectivity index (χ3n) is 3.43. The first-order valence-corrected chi connectivity index (χ1v) is 6.71. The second-order valence-corrected chi connectivity index (χ2v) is 5.19. The van der Waals surface area contributed by atoms with Gasteiger partial charge >= 0.3 is 0 Å². The molecule has 0 saturated carbocycles. The summed E-state index contributed by atoms with van der Waals surface area (Å²) in [6.07, 6.45) is 3.80. The number of hydrogen-bond donors (Lipinski definition) is 0. The summed E-state index contributed by atoms with van der Waals surface area (Å²) in [5.74, 6) is 0.962. The van der Waals surface area contributed by atoms with Crippen LogP contribution in [-0.4, -0.2) is 24.5 Å². The molecule has 0 unspecified atom stereocenters. The van der Waals surface area contributed by atoms with Gasteiger partial charge in [-0.3, -0.25) is 4.79 Å². The molecule has 1 aromatic carbocycles. The fourth-order valence-electron chi connectivity index (χ4n) is 2.56. The summed E-state index contributed by atoms with van der Waals surface area (Å²) >= 11 is 0. The van der Waals surface area contributed by atoms with Gasteiger partial charge in [0.15, 0.2) is 0 Å². The van der Waals surface area contributed by atoms with Crippen LogP contribution in [0.1, 0.15) is 38.3 Å². The van der Waals surface area contributed by atoms with Crippen molar-refractivity contribution in [3.05, 3.63) is 41.5 Å². The van der Waals surface area contributed by atoms with Crippen LogP contribution in [0.5, 0.6) is 5.75 Å². The molecule has 1 saturated heterocycles. The highest BCUT2D eigenvalue weighted by molar-refractivity contribution is 5.88. The first-order valence-electron chi connectivity index (χ1n) is 6.71. The molecule has 1 heterocycles. The van der Waals surface area contributed by atoms with E-state index in [0.29, 0.717) is 0 Å². The van der Waals surface area contributed by atoms with E-state index in [4.69, 9.17) is 4.74 Å².